The Hall–Kier alpha value is -1.22. The Morgan fingerprint density at radius 1 is 1.42 bits per heavy atom. The average Bonchev–Trinajstić information content (AvgIpc) is 2.87. The quantitative estimate of drug-likeness (QED) is 0.614. The minimum absolute atomic E-state index is 0.00465. The molecule has 12 heavy (non-hydrogen) atoms. The van der Waals surface area contributed by atoms with Crippen LogP contribution in [0.3, 0.4) is 0 Å². The molecule has 1 heterocycles. The SMILES string of the molecule is [O-]c1ccc(OCC2CO2)cc1. The van der Waals surface area contributed by atoms with Crippen LogP contribution in [0.15, 0.2) is 24.3 Å². The van der Waals surface area contributed by atoms with Crippen molar-refractivity contribution in [2.24, 2.45) is 0 Å². The van der Waals surface area contributed by atoms with Crippen molar-refractivity contribution >= 4 is 0 Å². The molecule has 0 aromatic heterocycles. The Morgan fingerprint density at radius 3 is 2.67 bits per heavy atom. The first-order valence-electron chi connectivity index (χ1n) is 3.86. The van der Waals surface area contributed by atoms with Crippen LogP contribution in [0.2, 0.25) is 0 Å². The second kappa shape index (κ2) is 3.03. The fourth-order valence-electron chi connectivity index (χ4n) is 0.889. The van der Waals surface area contributed by atoms with Gasteiger partial charge in [-0.05, 0) is 12.1 Å². The summed E-state index contributed by atoms with van der Waals surface area (Å²) in [5.41, 5.74) is 0. The van der Waals surface area contributed by atoms with E-state index in [0.717, 1.165) is 12.4 Å². The van der Waals surface area contributed by atoms with Crippen LogP contribution >= 0.6 is 0 Å². The number of benzene rings is 1. The summed E-state index contributed by atoms with van der Waals surface area (Å²) in [5.74, 6) is 0.732. The van der Waals surface area contributed by atoms with Crippen molar-refractivity contribution in [2.75, 3.05) is 13.2 Å². The molecule has 3 heteroatoms. The molecule has 0 radical (unpaired) electrons. The van der Waals surface area contributed by atoms with Gasteiger partial charge >= 0.3 is 0 Å². The monoisotopic (exact) mass is 165 g/mol. The summed E-state index contributed by atoms with van der Waals surface area (Å²) in [7, 11) is 0. The van der Waals surface area contributed by atoms with Crippen LogP contribution in [-0.2, 0) is 4.74 Å². The lowest BCUT2D eigenvalue weighted by molar-refractivity contribution is -0.268. The second-order valence-electron chi connectivity index (χ2n) is 2.74. The fourth-order valence-corrected chi connectivity index (χ4v) is 0.889. The Bertz CT molecular complexity index is 251. The molecule has 1 atom stereocenters. The van der Waals surface area contributed by atoms with E-state index in [0.29, 0.717) is 6.61 Å². The minimum atomic E-state index is 0.00465. The molecule has 64 valence electrons. The van der Waals surface area contributed by atoms with Gasteiger partial charge in [-0.3, -0.25) is 0 Å². The molecule has 0 bridgehead atoms. The highest BCUT2D eigenvalue weighted by Crippen LogP contribution is 2.16. The van der Waals surface area contributed by atoms with Crippen LogP contribution in [0, 0.1) is 0 Å². The van der Waals surface area contributed by atoms with Gasteiger partial charge in [-0.2, -0.15) is 0 Å². The zero-order valence-corrected chi connectivity index (χ0v) is 6.53. The standard InChI is InChI=1S/C9H10O3/c10-7-1-3-8(4-2-7)11-5-9-6-12-9/h1-4,9-10H,5-6H2/p-1. The van der Waals surface area contributed by atoms with E-state index in [1.54, 1.807) is 12.1 Å². The van der Waals surface area contributed by atoms with Crippen molar-refractivity contribution < 1.29 is 14.6 Å². The lowest BCUT2D eigenvalue weighted by atomic mass is 10.3. The molecule has 2 rings (SSSR count). The predicted molar refractivity (Wildman–Crippen MR) is 41.1 cm³/mol. The molecule has 0 amide bonds. The smallest absolute Gasteiger partial charge is 0.119 e. The maximum atomic E-state index is 10.7. The highest BCUT2D eigenvalue weighted by atomic mass is 16.6. The Balaban J connectivity index is 1.89. The van der Waals surface area contributed by atoms with Crippen LogP contribution in [0.4, 0.5) is 0 Å². The summed E-state index contributed by atoms with van der Waals surface area (Å²) < 4.78 is 10.3. The van der Waals surface area contributed by atoms with Gasteiger partial charge in [0.15, 0.2) is 0 Å². The van der Waals surface area contributed by atoms with Gasteiger partial charge in [0, 0.05) is 0 Å². The van der Waals surface area contributed by atoms with Crippen molar-refractivity contribution in [3.05, 3.63) is 24.3 Å². The summed E-state index contributed by atoms with van der Waals surface area (Å²) >= 11 is 0. The molecule has 1 aliphatic heterocycles. The molecule has 1 fully saturated rings. The molecule has 0 saturated carbocycles. The van der Waals surface area contributed by atoms with E-state index < -0.39 is 0 Å². The molecule has 1 aromatic rings. The van der Waals surface area contributed by atoms with Crippen LogP contribution in [0.25, 0.3) is 0 Å². The van der Waals surface area contributed by atoms with E-state index in [-0.39, 0.29) is 11.9 Å². The largest absolute Gasteiger partial charge is 0.872 e. The van der Waals surface area contributed by atoms with E-state index in [1.165, 1.54) is 12.1 Å². The molecule has 0 spiro atoms. The summed E-state index contributed by atoms with van der Waals surface area (Å²) in [5, 5.41) is 10.7. The third-order valence-corrected chi connectivity index (χ3v) is 1.66. The summed E-state index contributed by atoms with van der Waals surface area (Å²) in [6, 6.07) is 6.32. The van der Waals surface area contributed by atoms with Gasteiger partial charge in [0.25, 0.3) is 0 Å². The number of ether oxygens (including phenoxy) is 2. The summed E-state index contributed by atoms with van der Waals surface area (Å²) in [4.78, 5) is 0. The van der Waals surface area contributed by atoms with E-state index >= 15 is 0 Å². The number of hydrogen-bond donors (Lipinski definition) is 0. The van der Waals surface area contributed by atoms with Gasteiger partial charge in [0.1, 0.15) is 18.5 Å². The Kier molecular flexibility index (Phi) is 1.87. The zero-order chi connectivity index (χ0) is 8.39. The number of rotatable bonds is 3. The highest BCUT2D eigenvalue weighted by Gasteiger charge is 2.22. The average molecular weight is 165 g/mol. The van der Waals surface area contributed by atoms with E-state index in [1.807, 2.05) is 0 Å². The Morgan fingerprint density at radius 2 is 2.08 bits per heavy atom. The molecule has 3 nitrogen and oxygen atoms in total. The van der Waals surface area contributed by atoms with Crippen molar-refractivity contribution in [1.29, 1.82) is 0 Å². The summed E-state index contributed by atoms with van der Waals surface area (Å²) in [6.07, 6.45) is 0.261. The first kappa shape index (κ1) is 7.43. The van der Waals surface area contributed by atoms with Gasteiger partial charge < -0.3 is 14.6 Å². The van der Waals surface area contributed by atoms with Gasteiger partial charge in [-0.25, -0.2) is 0 Å². The molecule has 1 aliphatic rings. The van der Waals surface area contributed by atoms with Crippen molar-refractivity contribution in [3.8, 4) is 11.5 Å². The van der Waals surface area contributed by atoms with Crippen LogP contribution in [-0.4, -0.2) is 19.3 Å². The maximum Gasteiger partial charge on any atom is 0.119 e. The number of hydrogen-bond acceptors (Lipinski definition) is 3. The van der Waals surface area contributed by atoms with Crippen molar-refractivity contribution in [3.63, 3.8) is 0 Å². The molecule has 0 aliphatic carbocycles. The van der Waals surface area contributed by atoms with E-state index in [2.05, 4.69) is 0 Å². The van der Waals surface area contributed by atoms with Crippen LogP contribution < -0.4 is 9.84 Å². The van der Waals surface area contributed by atoms with Gasteiger partial charge in [0.05, 0.1) is 6.61 Å². The third kappa shape index (κ3) is 1.89. The fraction of sp³-hybridized carbons (Fsp3) is 0.333. The van der Waals surface area contributed by atoms with E-state index in [4.69, 9.17) is 9.47 Å². The predicted octanol–water partition coefficient (Wildman–Crippen LogP) is 0.538. The van der Waals surface area contributed by atoms with Gasteiger partial charge in [-0.15, -0.1) is 5.75 Å². The molecule has 1 aromatic carbocycles. The second-order valence-corrected chi connectivity index (χ2v) is 2.74. The number of epoxide rings is 1. The molecule has 0 N–H and O–H groups in total. The lowest BCUT2D eigenvalue weighted by Gasteiger charge is -2.07. The first-order valence-corrected chi connectivity index (χ1v) is 3.86. The topological polar surface area (TPSA) is 44.8 Å². The van der Waals surface area contributed by atoms with Gasteiger partial charge in [-0.1, -0.05) is 12.1 Å². The molecule has 1 saturated heterocycles. The Labute approximate surface area is 70.5 Å². The molecular formula is C9H9O3-. The molecule has 1 unspecified atom stereocenters. The zero-order valence-electron chi connectivity index (χ0n) is 6.53. The summed E-state index contributed by atoms with van der Waals surface area (Å²) in [6.45, 7) is 1.37. The van der Waals surface area contributed by atoms with Crippen molar-refractivity contribution in [2.45, 2.75) is 6.10 Å². The first-order chi connectivity index (χ1) is 5.84. The van der Waals surface area contributed by atoms with E-state index in [9.17, 15) is 5.11 Å². The van der Waals surface area contributed by atoms with Gasteiger partial charge in [0.2, 0.25) is 0 Å². The lowest BCUT2D eigenvalue weighted by Crippen LogP contribution is -2.03. The van der Waals surface area contributed by atoms with Crippen LogP contribution in [0.5, 0.6) is 11.5 Å². The normalized spacial score (nSPS) is 20.5. The highest BCUT2D eigenvalue weighted by molar-refractivity contribution is 5.29. The third-order valence-electron chi connectivity index (χ3n) is 1.66. The minimum Gasteiger partial charge on any atom is -0.872 e. The van der Waals surface area contributed by atoms with Crippen molar-refractivity contribution in [1.82, 2.24) is 0 Å². The maximum absolute atomic E-state index is 10.7. The van der Waals surface area contributed by atoms with Crippen LogP contribution in [0.1, 0.15) is 0 Å². The molecular weight excluding hydrogens is 156 g/mol.